The number of halogens is 1. The quantitative estimate of drug-likeness (QED) is 0.834. The molecule has 0 aliphatic heterocycles. The Hall–Kier alpha value is -2.21. The fraction of sp³-hybridized carbons (Fsp3) is 0. The van der Waals surface area contributed by atoms with E-state index >= 15 is 0 Å². The summed E-state index contributed by atoms with van der Waals surface area (Å²) >= 11 is 5.95. The fourth-order valence-electron chi connectivity index (χ4n) is 1.25. The number of hydrogen-bond acceptors (Lipinski definition) is 4. The van der Waals surface area contributed by atoms with Crippen molar-refractivity contribution in [2.75, 3.05) is 0 Å². The molecule has 0 fully saturated rings. The van der Waals surface area contributed by atoms with Gasteiger partial charge in [-0.05, 0) is 12.1 Å². The van der Waals surface area contributed by atoms with Gasteiger partial charge in [0.15, 0.2) is 0 Å². The number of hydrogen-bond donors (Lipinski definition) is 1. The zero-order valence-electron chi connectivity index (χ0n) is 8.50. The molecule has 1 heterocycles. The number of para-hydroxylation sites is 1. The van der Waals surface area contributed by atoms with Crippen LogP contribution in [0.1, 0.15) is 10.5 Å². The number of primary amides is 1. The Kier molecular flexibility index (Phi) is 2.88. The third-order valence-corrected chi connectivity index (χ3v) is 2.35. The molecule has 0 aliphatic carbocycles. The minimum Gasteiger partial charge on any atom is -0.364 e. The van der Waals surface area contributed by atoms with Crippen LogP contribution in [-0.4, -0.2) is 20.7 Å². The molecule has 1 aromatic carbocycles. The van der Waals surface area contributed by atoms with Gasteiger partial charge in [-0.2, -0.15) is 10.1 Å². The molecule has 0 atom stereocenters. The molecule has 0 saturated carbocycles. The van der Waals surface area contributed by atoms with Gasteiger partial charge >= 0.3 is 5.56 Å². The Bertz CT molecular complexity index is 638. The first-order valence-electron chi connectivity index (χ1n) is 4.60. The predicted molar refractivity (Wildman–Crippen MR) is 61.2 cm³/mol. The molecule has 0 saturated heterocycles. The first-order valence-corrected chi connectivity index (χ1v) is 4.98. The minimum atomic E-state index is -0.927. The summed E-state index contributed by atoms with van der Waals surface area (Å²) in [5.41, 5.74) is 4.33. The van der Waals surface area contributed by atoms with Crippen molar-refractivity contribution in [3.05, 3.63) is 51.7 Å². The van der Waals surface area contributed by atoms with Crippen LogP contribution >= 0.6 is 11.6 Å². The van der Waals surface area contributed by atoms with Crippen LogP contribution in [0, 0.1) is 0 Å². The van der Waals surface area contributed by atoms with Gasteiger partial charge in [-0.15, -0.1) is 0 Å². The van der Waals surface area contributed by atoms with Gasteiger partial charge in [-0.25, -0.2) is 4.68 Å². The summed E-state index contributed by atoms with van der Waals surface area (Å²) in [5, 5.41) is 4.20. The molecule has 0 bridgehead atoms. The van der Waals surface area contributed by atoms with Crippen LogP contribution in [0.3, 0.4) is 0 Å². The predicted octanol–water partition coefficient (Wildman–Crippen LogP) is 0.380. The zero-order valence-corrected chi connectivity index (χ0v) is 9.26. The third kappa shape index (κ3) is 2.16. The van der Waals surface area contributed by atoms with Gasteiger partial charge in [0.25, 0.3) is 5.91 Å². The summed E-state index contributed by atoms with van der Waals surface area (Å²) in [6, 6.07) is 6.81. The molecule has 0 unspecified atom stereocenters. The lowest BCUT2D eigenvalue weighted by Gasteiger charge is -2.06. The molecule has 0 radical (unpaired) electrons. The second-order valence-corrected chi connectivity index (χ2v) is 3.57. The van der Waals surface area contributed by atoms with Gasteiger partial charge in [-0.3, -0.25) is 9.59 Å². The highest BCUT2D eigenvalue weighted by Gasteiger charge is 2.11. The van der Waals surface area contributed by atoms with Crippen molar-refractivity contribution < 1.29 is 4.79 Å². The maximum Gasteiger partial charge on any atom is 0.304 e. The number of nitrogens with zero attached hydrogens (tertiary/aromatic N) is 3. The second kappa shape index (κ2) is 4.34. The Morgan fingerprint density at radius 2 is 2.06 bits per heavy atom. The van der Waals surface area contributed by atoms with Crippen molar-refractivity contribution >= 4 is 17.5 Å². The first-order chi connectivity index (χ1) is 8.09. The summed E-state index contributed by atoms with van der Waals surface area (Å²) in [6.07, 6.45) is 1.18. The lowest BCUT2D eigenvalue weighted by molar-refractivity contribution is 0.0992. The van der Waals surface area contributed by atoms with Crippen LogP contribution in [-0.2, 0) is 0 Å². The minimum absolute atomic E-state index is 0.417. The maximum atomic E-state index is 11.2. The normalized spacial score (nSPS) is 10.2. The van der Waals surface area contributed by atoms with E-state index in [0.29, 0.717) is 10.7 Å². The highest BCUT2D eigenvalue weighted by atomic mass is 35.5. The molecular formula is C10H7ClN4O2. The van der Waals surface area contributed by atoms with E-state index in [2.05, 4.69) is 10.1 Å². The van der Waals surface area contributed by atoms with Crippen molar-refractivity contribution in [1.82, 2.24) is 14.8 Å². The number of carbonyl (C=O) groups is 1. The first kappa shape index (κ1) is 11.3. The molecule has 2 N–H and O–H groups in total. The van der Waals surface area contributed by atoms with E-state index < -0.39 is 17.2 Å². The van der Waals surface area contributed by atoms with E-state index in [1.54, 1.807) is 24.3 Å². The Labute approximate surface area is 101 Å². The van der Waals surface area contributed by atoms with Crippen LogP contribution in [0.5, 0.6) is 0 Å². The van der Waals surface area contributed by atoms with Crippen LogP contribution < -0.4 is 11.3 Å². The summed E-state index contributed by atoms with van der Waals surface area (Å²) in [4.78, 5) is 25.7. The highest BCUT2D eigenvalue weighted by Crippen LogP contribution is 2.17. The summed E-state index contributed by atoms with van der Waals surface area (Å²) in [5.74, 6) is -0.927. The van der Waals surface area contributed by atoms with Crippen molar-refractivity contribution in [1.29, 1.82) is 0 Å². The van der Waals surface area contributed by atoms with Gasteiger partial charge in [0.05, 0.1) is 10.7 Å². The number of amides is 1. The SMILES string of the molecule is NC(=O)c1nn(-c2ccccc2Cl)cnc1=O. The highest BCUT2D eigenvalue weighted by molar-refractivity contribution is 6.32. The smallest absolute Gasteiger partial charge is 0.304 e. The topological polar surface area (TPSA) is 90.9 Å². The summed E-state index contributed by atoms with van der Waals surface area (Å²) in [6.45, 7) is 0. The van der Waals surface area contributed by atoms with Gasteiger partial charge < -0.3 is 5.73 Å². The number of rotatable bonds is 2. The van der Waals surface area contributed by atoms with Crippen molar-refractivity contribution in [2.24, 2.45) is 5.73 Å². The van der Waals surface area contributed by atoms with Crippen molar-refractivity contribution in [3.8, 4) is 5.69 Å². The molecule has 2 aromatic rings. The largest absolute Gasteiger partial charge is 0.364 e. The molecule has 2 rings (SSSR count). The van der Waals surface area contributed by atoms with Crippen LogP contribution in [0.2, 0.25) is 5.02 Å². The van der Waals surface area contributed by atoms with Crippen LogP contribution in [0.25, 0.3) is 5.69 Å². The van der Waals surface area contributed by atoms with E-state index in [-0.39, 0.29) is 0 Å². The van der Waals surface area contributed by atoms with E-state index in [9.17, 15) is 9.59 Å². The Morgan fingerprint density at radius 1 is 1.35 bits per heavy atom. The Balaban J connectivity index is 2.62. The monoisotopic (exact) mass is 250 g/mol. The van der Waals surface area contributed by atoms with Crippen LogP contribution in [0.15, 0.2) is 35.4 Å². The standard InChI is InChI=1S/C10H7ClN4O2/c11-6-3-1-2-4-7(6)15-5-13-10(17)8(14-15)9(12)16/h1-5H,(H2,12,16). The average Bonchev–Trinajstić information content (AvgIpc) is 2.30. The van der Waals surface area contributed by atoms with Gasteiger partial charge in [0.2, 0.25) is 5.69 Å². The maximum absolute atomic E-state index is 11.2. The van der Waals surface area contributed by atoms with Gasteiger partial charge in [-0.1, -0.05) is 23.7 Å². The van der Waals surface area contributed by atoms with E-state index in [1.165, 1.54) is 11.0 Å². The molecule has 0 spiro atoms. The zero-order chi connectivity index (χ0) is 12.4. The summed E-state index contributed by atoms with van der Waals surface area (Å²) in [7, 11) is 0. The van der Waals surface area contributed by atoms with Gasteiger partial charge in [0, 0.05) is 0 Å². The number of nitrogens with two attached hydrogens (primary N) is 1. The number of carbonyl (C=O) groups excluding carboxylic acids is 1. The van der Waals surface area contributed by atoms with Crippen molar-refractivity contribution in [3.63, 3.8) is 0 Å². The number of aromatic nitrogens is 3. The van der Waals surface area contributed by atoms with E-state index in [4.69, 9.17) is 17.3 Å². The third-order valence-electron chi connectivity index (χ3n) is 2.03. The lowest BCUT2D eigenvalue weighted by atomic mass is 10.3. The summed E-state index contributed by atoms with van der Waals surface area (Å²) < 4.78 is 1.23. The molecular weight excluding hydrogens is 244 g/mol. The molecule has 17 heavy (non-hydrogen) atoms. The van der Waals surface area contributed by atoms with Gasteiger partial charge in [0.1, 0.15) is 6.33 Å². The molecule has 6 nitrogen and oxygen atoms in total. The van der Waals surface area contributed by atoms with Crippen LogP contribution in [0.4, 0.5) is 0 Å². The lowest BCUT2D eigenvalue weighted by Crippen LogP contribution is -2.28. The average molecular weight is 251 g/mol. The number of benzene rings is 1. The van der Waals surface area contributed by atoms with E-state index in [1.807, 2.05) is 0 Å². The fourth-order valence-corrected chi connectivity index (χ4v) is 1.48. The second-order valence-electron chi connectivity index (χ2n) is 3.16. The molecule has 1 aromatic heterocycles. The molecule has 7 heteroatoms. The molecule has 0 aliphatic rings. The Morgan fingerprint density at radius 3 is 2.71 bits per heavy atom. The molecule has 86 valence electrons. The van der Waals surface area contributed by atoms with E-state index in [0.717, 1.165) is 0 Å². The van der Waals surface area contributed by atoms with Crippen molar-refractivity contribution in [2.45, 2.75) is 0 Å². The molecule has 1 amide bonds.